The molecule has 1 heterocycles. The number of anilines is 1. The van der Waals surface area contributed by atoms with Crippen LogP contribution in [0, 0.1) is 0 Å². The first-order valence-electron chi connectivity index (χ1n) is 6.83. The maximum absolute atomic E-state index is 12.2. The van der Waals surface area contributed by atoms with Gasteiger partial charge in [-0.2, -0.15) is 13.2 Å². The molecule has 0 amide bonds. The van der Waals surface area contributed by atoms with Crippen LogP contribution in [-0.4, -0.2) is 35.9 Å². The van der Waals surface area contributed by atoms with E-state index in [1.165, 1.54) is 0 Å². The standard InChI is InChI=1S/C15H18F3N3S/c1-21(2)10-12-7-6-11-4-3-5-13(14(11)19-12)20-22-9-8-15(16,17)18/h3-7,20H,8-10H2,1-2H3. The van der Waals surface area contributed by atoms with Crippen molar-refractivity contribution in [1.29, 1.82) is 0 Å². The molecule has 1 N–H and O–H groups in total. The van der Waals surface area contributed by atoms with Crippen LogP contribution < -0.4 is 4.72 Å². The van der Waals surface area contributed by atoms with E-state index in [9.17, 15) is 13.2 Å². The smallest absolute Gasteiger partial charge is 0.328 e. The van der Waals surface area contributed by atoms with Crippen molar-refractivity contribution in [3.63, 3.8) is 0 Å². The highest BCUT2D eigenvalue weighted by molar-refractivity contribution is 8.00. The van der Waals surface area contributed by atoms with Crippen LogP contribution >= 0.6 is 11.9 Å². The van der Waals surface area contributed by atoms with Crippen molar-refractivity contribution >= 4 is 28.5 Å². The molecule has 0 aliphatic carbocycles. The largest absolute Gasteiger partial charge is 0.389 e. The van der Waals surface area contributed by atoms with Gasteiger partial charge in [0.05, 0.1) is 23.3 Å². The molecule has 0 aliphatic heterocycles. The van der Waals surface area contributed by atoms with Crippen LogP contribution in [0.1, 0.15) is 12.1 Å². The summed E-state index contributed by atoms with van der Waals surface area (Å²) in [6.45, 7) is 0.714. The zero-order chi connectivity index (χ0) is 16.2. The van der Waals surface area contributed by atoms with E-state index in [0.29, 0.717) is 6.54 Å². The Morgan fingerprint density at radius 2 is 1.95 bits per heavy atom. The van der Waals surface area contributed by atoms with Crippen LogP contribution in [0.5, 0.6) is 0 Å². The quantitative estimate of drug-likeness (QED) is 0.631. The first-order chi connectivity index (χ1) is 10.3. The van der Waals surface area contributed by atoms with Gasteiger partial charge in [-0.05, 0) is 26.2 Å². The lowest BCUT2D eigenvalue weighted by Crippen LogP contribution is -2.12. The van der Waals surface area contributed by atoms with Gasteiger partial charge in [-0.15, -0.1) is 0 Å². The Morgan fingerprint density at radius 1 is 1.18 bits per heavy atom. The van der Waals surface area contributed by atoms with Gasteiger partial charge in [0.15, 0.2) is 0 Å². The van der Waals surface area contributed by atoms with Gasteiger partial charge in [-0.25, -0.2) is 4.98 Å². The van der Waals surface area contributed by atoms with Crippen LogP contribution in [0.25, 0.3) is 10.9 Å². The van der Waals surface area contributed by atoms with Crippen molar-refractivity contribution in [2.24, 2.45) is 0 Å². The molecule has 3 nitrogen and oxygen atoms in total. The highest BCUT2D eigenvalue weighted by Gasteiger charge is 2.26. The Hall–Kier alpha value is -1.47. The average molecular weight is 329 g/mol. The van der Waals surface area contributed by atoms with Crippen molar-refractivity contribution in [1.82, 2.24) is 9.88 Å². The van der Waals surface area contributed by atoms with Crippen LogP contribution in [0.4, 0.5) is 18.9 Å². The Labute approximate surface area is 132 Å². The number of hydrogen-bond donors (Lipinski definition) is 1. The van der Waals surface area contributed by atoms with E-state index >= 15 is 0 Å². The molecule has 0 saturated carbocycles. The second-order valence-corrected chi connectivity index (χ2v) is 6.13. The van der Waals surface area contributed by atoms with E-state index in [-0.39, 0.29) is 5.75 Å². The van der Waals surface area contributed by atoms with Crippen LogP contribution in [0.15, 0.2) is 30.3 Å². The molecule has 7 heteroatoms. The molecule has 22 heavy (non-hydrogen) atoms. The number of fused-ring (bicyclic) bond motifs is 1. The number of alkyl halides is 3. The predicted octanol–water partition coefficient (Wildman–Crippen LogP) is 4.31. The molecular weight excluding hydrogens is 311 g/mol. The number of nitrogens with zero attached hydrogens (tertiary/aromatic N) is 2. The summed E-state index contributed by atoms with van der Waals surface area (Å²) in [7, 11) is 3.92. The third kappa shape index (κ3) is 5.06. The third-order valence-electron chi connectivity index (χ3n) is 2.93. The Balaban J connectivity index is 2.11. The molecular formula is C15H18F3N3S. The van der Waals surface area contributed by atoms with Gasteiger partial charge >= 0.3 is 6.18 Å². The van der Waals surface area contributed by atoms with Gasteiger partial charge in [0.25, 0.3) is 0 Å². The number of benzene rings is 1. The average Bonchev–Trinajstić information content (AvgIpc) is 2.42. The van der Waals surface area contributed by atoms with E-state index in [0.717, 1.165) is 34.2 Å². The first-order valence-corrected chi connectivity index (χ1v) is 7.82. The van der Waals surface area contributed by atoms with Crippen molar-refractivity contribution in [3.05, 3.63) is 36.0 Å². The zero-order valence-corrected chi connectivity index (χ0v) is 13.3. The molecule has 2 rings (SSSR count). The number of rotatable bonds is 6. The topological polar surface area (TPSA) is 28.2 Å². The maximum atomic E-state index is 12.2. The molecule has 0 fully saturated rings. The fourth-order valence-electron chi connectivity index (χ4n) is 1.98. The van der Waals surface area contributed by atoms with E-state index in [1.807, 2.05) is 49.3 Å². The van der Waals surface area contributed by atoms with Crippen molar-refractivity contribution in [2.75, 3.05) is 24.6 Å². The second-order valence-electron chi connectivity index (χ2n) is 5.23. The fourth-order valence-corrected chi connectivity index (χ4v) is 2.73. The minimum absolute atomic E-state index is 0.0305. The molecule has 0 unspecified atom stereocenters. The SMILES string of the molecule is CN(C)Cc1ccc2cccc(NSCCC(F)(F)F)c2n1. The van der Waals surface area contributed by atoms with E-state index in [1.54, 1.807) is 0 Å². The molecule has 1 aromatic heterocycles. The number of pyridine rings is 1. The molecule has 0 spiro atoms. The number of aromatic nitrogens is 1. The van der Waals surface area contributed by atoms with E-state index in [4.69, 9.17) is 0 Å². The van der Waals surface area contributed by atoms with Gasteiger partial charge in [0.2, 0.25) is 0 Å². The molecule has 0 aliphatic rings. The summed E-state index contributed by atoms with van der Waals surface area (Å²) in [5.74, 6) is -0.0305. The monoisotopic (exact) mass is 329 g/mol. The number of hydrogen-bond acceptors (Lipinski definition) is 4. The van der Waals surface area contributed by atoms with E-state index < -0.39 is 12.6 Å². The number of halogens is 3. The van der Waals surface area contributed by atoms with Gasteiger partial charge in [-0.3, -0.25) is 0 Å². The first kappa shape index (κ1) is 16.9. The minimum Gasteiger partial charge on any atom is -0.328 e. The summed E-state index contributed by atoms with van der Waals surface area (Å²) < 4.78 is 39.4. The Bertz CT molecular complexity index is 629. The molecule has 2 aromatic rings. The normalized spacial score (nSPS) is 12.1. The van der Waals surface area contributed by atoms with Gasteiger partial charge in [-0.1, -0.05) is 30.1 Å². The molecule has 0 atom stereocenters. The van der Waals surface area contributed by atoms with E-state index in [2.05, 4.69) is 9.71 Å². The van der Waals surface area contributed by atoms with Crippen LogP contribution in [0.2, 0.25) is 0 Å². The Kier molecular flexibility index (Phi) is 5.52. The van der Waals surface area contributed by atoms with Gasteiger partial charge in [0.1, 0.15) is 0 Å². The van der Waals surface area contributed by atoms with Crippen molar-refractivity contribution < 1.29 is 13.2 Å². The summed E-state index contributed by atoms with van der Waals surface area (Å²) in [6.07, 6.45) is -4.93. The molecule has 120 valence electrons. The van der Waals surface area contributed by atoms with Gasteiger partial charge < -0.3 is 9.62 Å². The summed E-state index contributed by atoms with van der Waals surface area (Å²) in [6, 6.07) is 9.57. The summed E-state index contributed by atoms with van der Waals surface area (Å²) in [5.41, 5.74) is 2.44. The fraction of sp³-hybridized carbons (Fsp3) is 0.400. The maximum Gasteiger partial charge on any atom is 0.389 e. The number of nitrogens with one attached hydrogen (secondary N) is 1. The highest BCUT2D eigenvalue weighted by Crippen LogP contribution is 2.26. The lowest BCUT2D eigenvalue weighted by molar-refractivity contribution is -0.129. The number of para-hydroxylation sites is 1. The molecule has 0 saturated heterocycles. The molecule has 1 aromatic carbocycles. The lowest BCUT2D eigenvalue weighted by Gasteiger charge is -2.12. The van der Waals surface area contributed by atoms with Crippen LogP contribution in [0.3, 0.4) is 0 Å². The summed E-state index contributed by atoms with van der Waals surface area (Å²) >= 11 is 1.05. The molecule has 0 bridgehead atoms. The van der Waals surface area contributed by atoms with Crippen LogP contribution in [-0.2, 0) is 6.54 Å². The second kappa shape index (κ2) is 7.19. The van der Waals surface area contributed by atoms with Crippen molar-refractivity contribution in [2.45, 2.75) is 19.1 Å². The predicted molar refractivity (Wildman–Crippen MR) is 85.9 cm³/mol. The lowest BCUT2D eigenvalue weighted by atomic mass is 10.2. The van der Waals surface area contributed by atoms with Crippen molar-refractivity contribution in [3.8, 4) is 0 Å². The highest BCUT2D eigenvalue weighted by atomic mass is 32.2. The minimum atomic E-state index is -4.12. The third-order valence-corrected chi connectivity index (χ3v) is 3.70. The summed E-state index contributed by atoms with van der Waals surface area (Å²) in [4.78, 5) is 6.62. The Morgan fingerprint density at radius 3 is 2.64 bits per heavy atom. The summed E-state index contributed by atoms with van der Waals surface area (Å²) in [5, 5.41) is 0.962. The zero-order valence-electron chi connectivity index (χ0n) is 12.4. The molecule has 0 radical (unpaired) electrons. The van der Waals surface area contributed by atoms with Gasteiger partial charge in [0, 0.05) is 17.7 Å².